The third-order valence-electron chi connectivity index (χ3n) is 2.75. The molecule has 0 fully saturated rings. The van der Waals surface area contributed by atoms with Crippen molar-refractivity contribution in [2.75, 3.05) is 6.54 Å². The fourth-order valence-electron chi connectivity index (χ4n) is 1.75. The van der Waals surface area contributed by atoms with Crippen molar-refractivity contribution in [2.45, 2.75) is 65.3 Å². The van der Waals surface area contributed by atoms with Gasteiger partial charge in [0.25, 0.3) is 0 Å². The van der Waals surface area contributed by atoms with Gasteiger partial charge in [0.1, 0.15) is 0 Å². The minimum Gasteiger partial charge on any atom is -0.425 e. The summed E-state index contributed by atoms with van der Waals surface area (Å²) in [6.45, 7) is 9.61. The van der Waals surface area contributed by atoms with Crippen LogP contribution < -0.4 is 5.32 Å². The van der Waals surface area contributed by atoms with E-state index < -0.39 is 0 Å². The molecule has 1 atom stereocenters. The maximum Gasteiger partial charge on any atom is 0.219 e. The normalized spacial score (nSPS) is 13.2. The monoisotopic (exact) mass is 239 g/mol. The lowest BCUT2D eigenvalue weighted by atomic mass is 10.1. The van der Waals surface area contributed by atoms with Crippen molar-refractivity contribution in [1.82, 2.24) is 15.5 Å². The molecule has 1 N–H and O–H groups in total. The predicted molar refractivity (Wildman–Crippen MR) is 69.1 cm³/mol. The maximum atomic E-state index is 5.66. The van der Waals surface area contributed by atoms with Crippen LogP contribution in [-0.2, 0) is 6.42 Å². The van der Waals surface area contributed by atoms with Crippen LogP contribution >= 0.6 is 0 Å². The third kappa shape index (κ3) is 5.31. The van der Waals surface area contributed by atoms with E-state index in [0.717, 1.165) is 44.0 Å². The van der Waals surface area contributed by atoms with Crippen LogP contribution in [-0.4, -0.2) is 22.8 Å². The van der Waals surface area contributed by atoms with Crippen LogP contribution in [0.15, 0.2) is 4.42 Å². The number of rotatable bonds is 8. The Morgan fingerprint density at radius 3 is 2.65 bits per heavy atom. The van der Waals surface area contributed by atoms with E-state index in [9.17, 15) is 0 Å². The fourth-order valence-corrected chi connectivity index (χ4v) is 1.75. The quantitative estimate of drug-likeness (QED) is 0.709. The lowest BCUT2D eigenvalue weighted by Gasteiger charge is -2.06. The van der Waals surface area contributed by atoms with Crippen molar-refractivity contribution in [3.8, 4) is 0 Å². The van der Waals surface area contributed by atoms with Crippen LogP contribution in [0.3, 0.4) is 0 Å². The summed E-state index contributed by atoms with van der Waals surface area (Å²) in [5.74, 6) is 1.95. The van der Waals surface area contributed by atoms with E-state index in [2.05, 4.69) is 43.2 Å². The molecule has 0 amide bonds. The van der Waals surface area contributed by atoms with E-state index in [4.69, 9.17) is 4.42 Å². The topological polar surface area (TPSA) is 51.0 Å². The van der Waals surface area contributed by atoms with Gasteiger partial charge in [-0.25, -0.2) is 0 Å². The van der Waals surface area contributed by atoms with Gasteiger partial charge < -0.3 is 9.73 Å². The van der Waals surface area contributed by atoms with Crippen molar-refractivity contribution >= 4 is 0 Å². The van der Waals surface area contributed by atoms with E-state index in [0.29, 0.717) is 12.0 Å². The average Bonchev–Trinajstić information content (AvgIpc) is 2.73. The molecule has 17 heavy (non-hydrogen) atoms. The molecule has 0 spiro atoms. The maximum absolute atomic E-state index is 5.66. The molecule has 1 aromatic rings. The second-order valence-electron chi connectivity index (χ2n) is 4.94. The van der Waals surface area contributed by atoms with Crippen LogP contribution in [0.25, 0.3) is 0 Å². The first-order chi connectivity index (χ1) is 8.13. The zero-order valence-electron chi connectivity index (χ0n) is 11.5. The van der Waals surface area contributed by atoms with Crippen LogP contribution in [0, 0.1) is 0 Å². The Kier molecular flexibility index (Phi) is 6.19. The molecule has 0 aliphatic rings. The second-order valence-corrected chi connectivity index (χ2v) is 4.94. The van der Waals surface area contributed by atoms with Gasteiger partial charge in [0, 0.05) is 18.4 Å². The van der Waals surface area contributed by atoms with Crippen molar-refractivity contribution in [2.24, 2.45) is 0 Å². The van der Waals surface area contributed by atoms with Gasteiger partial charge in [-0.2, -0.15) is 0 Å². The van der Waals surface area contributed by atoms with Gasteiger partial charge in [0.2, 0.25) is 11.8 Å². The van der Waals surface area contributed by atoms with E-state index in [1.807, 2.05) is 0 Å². The molecule has 1 aromatic heterocycles. The van der Waals surface area contributed by atoms with E-state index in [1.54, 1.807) is 0 Å². The molecule has 0 bridgehead atoms. The molecule has 0 aliphatic heterocycles. The molecule has 1 rings (SSSR count). The number of nitrogens with zero attached hydrogens (tertiary/aromatic N) is 2. The minimum absolute atomic E-state index is 0.384. The average molecular weight is 239 g/mol. The molecule has 0 saturated heterocycles. The van der Waals surface area contributed by atoms with E-state index in [1.165, 1.54) is 0 Å². The summed E-state index contributed by atoms with van der Waals surface area (Å²) in [6.07, 6.45) is 4.17. The lowest BCUT2D eigenvalue weighted by molar-refractivity contribution is 0.407. The zero-order valence-corrected chi connectivity index (χ0v) is 11.5. The summed E-state index contributed by atoms with van der Waals surface area (Å²) in [5.41, 5.74) is 0. The standard InChI is InChI=1S/C13H25N3O/c1-5-7-11(4)13-16-15-12(17-13)8-6-9-14-10(2)3/h10-11,14H,5-9H2,1-4H3. The Morgan fingerprint density at radius 1 is 1.24 bits per heavy atom. The molecule has 98 valence electrons. The van der Waals surface area contributed by atoms with Crippen LogP contribution in [0.4, 0.5) is 0 Å². The minimum atomic E-state index is 0.384. The van der Waals surface area contributed by atoms with Gasteiger partial charge in [-0.15, -0.1) is 10.2 Å². The Labute approximate surface area is 104 Å². The summed E-state index contributed by atoms with van der Waals surface area (Å²) in [5, 5.41) is 11.6. The highest BCUT2D eigenvalue weighted by molar-refractivity contribution is 4.89. The third-order valence-corrected chi connectivity index (χ3v) is 2.75. The first kappa shape index (κ1) is 14.2. The highest BCUT2D eigenvalue weighted by atomic mass is 16.4. The predicted octanol–water partition coefficient (Wildman–Crippen LogP) is 2.90. The van der Waals surface area contributed by atoms with Crippen LogP contribution in [0.5, 0.6) is 0 Å². The number of hydrogen-bond acceptors (Lipinski definition) is 4. The Bertz CT molecular complexity index is 309. The Balaban J connectivity index is 2.30. The molecular formula is C13H25N3O. The van der Waals surface area contributed by atoms with Crippen LogP contribution in [0.1, 0.15) is 64.7 Å². The van der Waals surface area contributed by atoms with Gasteiger partial charge in [-0.3, -0.25) is 0 Å². The van der Waals surface area contributed by atoms with Crippen molar-refractivity contribution in [1.29, 1.82) is 0 Å². The van der Waals surface area contributed by atoms with E-state index in [-0.39, 0.29) is 0 Å². The number of nitrogens with one attached hydrogen (secondary N) is 1. The fraction of sp³-hybridized carbons (Fsp3) is 0.846. The van der Waals surface area contributed by atoms with Gasteiger partial charge in [-0.05, 0) is 19.4 Å². The van der Waals surface area contributed by atoms with Crippen molar-refractivity contribution in [3.05, 3.63) is 11.8 Å². The molecule has 1 heterocycles. The molecule has 4 heteroatoms. The van der Waals surface area contributed by atoms with Gasteiger partial charge in [0.15, 0.2) is 0 Å². The van der Waals surface area contributed by atoms with Gasteiger partial charge in [0.05, 0.1) is 0 Å². The molecule has 0 saturated carbocycles. The zero-order chi connectivity index (χ0) is 12.7. The second kappa shape index (κ2) is 7.43. The Hall–Kier alpha value is -0.900. The summed E-state index contributed by atoms with van der Waals surface area (Å²) in [4.78, 5) is 0. The summed E-state index contributed by atoms with van der Waals surface area (Å²) in [6, 6.07) is 0.540. The SMILES string of the molecule is CCCC(C)c1nnc(CCCNC(C)C)o1. The molecule has 0 radical (unpaired) electrons. The number of aromatic nitrogens is 2. The summed E-state index contributed by atoms with van der Waals surface area (Å²) >= 11 is 0. The first-order valence-electron chi connectivity index (χ1n) is 6.69. The Morgan fingerprint density at radius 2 is 2.00 bits per heavy atom. The first-order valence-corrected chi connectivity index (χ1v) is 6.69. The largest absolute Gasteiger partial charge is 0.425 e. The van der Waals surface area contributed by atoms with E-state index >= 15 is 0 Å². The molecule has 0 aromatic carbocycles. The highest BCUT2D eigenvalue weighted by Gasteiger charge is 2.12. The van der Waals surface area contributed by atoms with Gasteiger partial charge in [-0.1, -0.05) is 34.1 Å². The molecular weight excluding hydrogens is 214 g/mol. The highest BCUT2D eigenvalue weighted by Crippen LogP contribution is 2.19. The summed E-state index contributed by atoms with van der Waals surface area (Å²) in [7, 11) is 0. The number of aryl methyl sites for hydroxylation is 1. The summed E-state index contributed by atoms with van der Waals surface area (Å²) < 4.78 is 5.66. The van der Waals surface area contributed by atoms with Gasteiger partial charge >= 0.3 is 0 Å². The molecule has 0 aliphatic carbocycles. The van der Waals surface area contributed by atoms with Crippen molar-refractivity contribution in [3.63, 3.8) is 0 Å². The molecule has 4 nitrogen and oxygen atoms in total. The number of hydrogen-bond donors (Lipinski definition) is 1. The van der Waals surface area contributed by atoms with Crippen LogP contribution in [0.2, 0.25) is 0 Å². The lowest BCUT2D eigenvalue weighted by Crippen LogP contribution is -2.23. The van der Waals surface area contributed by atoms with Crippen molar-refractivity contribution < 1.29 is 4.42 Å². The molecule has 1 unspecified atom stereocenters. The smallest absolute Gasteiger partial charge is 0.219 e.